The maximum Gasteiger partial charge on any atom is 0.183 e. The van der Waals surface area contributed by atoms with E-state index in [2.05, 4.69) is 4.98 Å². The lowest BCUT2D eigenvalue weighted by Gasteiger charge is -2.02. The highest BCUT2D eigenvalue weighted by molar-refractivity contribution is 7.15. The third kappa shape index (κ3) is 1.57. The molecule has 0 amide bonds. The van der Waals surface area contributed by atoms with E-state index >= 15 is 0 Å². The lowest BCUT2D eigenvalue weighted by Crippen LogP contribution is -1.85. The van der Waals surface area contributed by atoms with Crippen molar-refractivity contribution in [2.45, 2.75) is 31.6 Å². The van der Waals surface area contributed by atoms with Gasteiger partial charge >= 0.3 is 0 Å². The molecule has 0 atom stereocenters. The fourth-order valence-corrected chi connectivity index (χ4v) is 2.79. The third-order valence-corrected chi connectivity index (χ3v) is 3.53. The molecule has 3 heteroatoms. The van der Waals surface area contributed by atoms with E-state index < -0.39 is 0 Å². The van der Waals surface area contributed by atoms with Crippen LogP contribution in [-0.4, -0.2) is 4.98 Å². The first-order valence-electron chi connectivity index (χ1n) is 3.97. The van der Waals surface area contributed by atoms with Crippen molar-refractivity contribution in [1.82, 2.24) is 4.98 Å². The first kappa shape index (κ1) is 7.56. The largest absolute Gasteiger partial charge is 0.233 e. The minimum absolute atomic E-state index is 0.687. The van der Waals surface area contributed by atoms with Crippen molar-refractivity contribution in [3.05, 3.63) is 15.5 Å². The van der Waals surface area contributed by atoms with E-state index in [-0.39, 0.29) is 0 Å². The number of hydrogen-bond donors (Lipinski definition) is 0. The predicted molar refractivity (Wildman–Crippen MR) is 48.3 cm³/mol. The van der Waals surface area contributed by atoms with E-state index in [9.17, 15) is 0 Å². The molecule has 1 nitrogen and oxygen atoms in total. The second-order valence-corrected chi connectivity index (χ2v) is 4.64. The highest BCUT2D eigenvalue weighted by Crippen LogP contribution is 2.37. The molecule has 0 unspecified atom stereocenters. The van der Waals surface area contributed by atoms with Gasteiger partial charge in [-0.1, -0.05) is 24.4 Å². The molecule has 0 N–H and O–H groups in total. The van der Waals surface area contributed by atoms with Crippen LogP contribution in [-0.2, 0) is 0 Å². The van der Waals surface area contributed by atoms with Crippen molar-refractivity contribution >= 4 is 22.9 Å². The second kappa shape index (κ2) is 3.11. The summed E-state index contributed by atoms with van der Waals surface area (Å²) < 4.78 is 0.687. The van der Waals surface area contributed by atoms with Crippen molar-refractivity contribution in [3.63, 3.8) is 0 Å². The van der Waals surface area contributed by atoms with Gasteiger partial charge in [0.05, 0.1) is 0 Å². The smallest absolute Gasteiger partial charge is 0.183 e. The molecule has 60 valence electrons. The van der Waals surface area contributed by atoms with Crippen molar-refractivity contribution in [1.29, 1.82) is 0 Å². The standard InChI is InChI=1S/C8H10ClNS/c9-8-10-5-7(11-8)6-3-1-2-4-6/h5-6H,1-4H2. The Hall–Kier alpha value is -0.0800. The van der Waals surface area contributed by atoms with Gasteiger partial charge in [-0.25, -0.2) is 4.98 Å². The first-order valence-corrected chi connectivity index (χ1v) is 5.17. The molecule has 0 aliphatic heterocycles. The van der Waals surface area contributed by atoms with E-state index in [0.717, 1.165) is 5.92 Å². The Labute approximate surface area is 75.4 Å². The molecule has 2 rings (SSSR count). The molecule has 1 fully saturated rings. The van der Waals surface area contributed by atoms with Crippen molar-refractivity contribution < 1.29 is 0 Å². The normalized spacial score (nSPS) is 19.4. The van der Waals surface area contributed by atoms with Crippen LogP contribution in [0, 0.1) is 0 Å². The highest BCUT2D eigenvalue weighted by atomic mass is 35.5. The number of rotatable bonds is 1. The SMILES string of the molecule is Clc1ncc(C2CCCC2)s1. The fourth-order valence-electron chi connectivity index (χ4n) is 1.66. The van der Waals surface area contributed by atoms with Crippen LogP contribution in [0.4, 0.5) is 0 Å². The second-order valence-electron chi connectivity index (χ2n) is 3.00. The summed E-state index contributed by atoms with van der Waals surface area (Å²) in [7, 11) is 0. The minimum Gasteiger partial charge on any atom is -0.233 e. The van der Waals surface area contributed by atoms with Crippen LogP contribution < -0.4 is 0 Å². The summed E-state index contributed by atoms with van der Waals surface area (Å²) >= 11 is 7.39. The zero-order chi connectivity index (χ0) is 7.68. The van der Waals surface area contributed by atoms with Crippen LogP contribution in [0.3, 0.4) is 0 Å². The van der Waals surface area contributed by atoms with Crippen LogP contribution in [0.15, 0.2) is 6.20 Å². The number of aromatic nitrogens is 1. The summed E-state index contributed by atoms with van der Waals surface area (Å²) in [6, 6.07) is 0. The van der Waals surface area contributed by atoms with Gasteiger partial charge in [-0.05, 0) is 18.8 Å². The molecule has 0 spiro atoms. The van der Waals surface area contributed by atoms with E-state index in [4.69, 9.17) is 11.6 Å². The van der Waals surface area contributed by atoms with Gasteiger partial charge in [-0.15, -0.1) is 11.3 Å². The maximum atomic E-state index is 5.75. The van der Waals surface area contributed by atoms with Gasteiger partial charge < -0.3 is 0 Å². The van der Waals surface area contributed by atoms with Gasteiger partial charge in [0.1, 0.15) is 0 Å². The van der Waals surface area contributed by atoms with Crippen LogP contribution in [0.1, 0.15) is 36.5 Å². The molecule has 1 aromatic heterocycles. The molecule has 1 heterocycles. The molecular formula is C8H10ClNS. The Bertz CT molecular complexity index is 240. The van der Waals surface area contributed by atoms with Crippen LogP contribution in [0.2, 0.25) is 4.47 Å². The van der Waals surface area contributed by atoms with Crippen LogP contribution >= 0.6 is 22.9 Å². The Morgan fingerprint density at radius 2 is 2.18 bits per heavy atom. The third-order valence-electron chi connectivity index (χ3n) is 2.25. The zero-order valence-electron chi connectivity index (χ0n) is 6.22. The molecule has 0 radical (unpaired) electrons. The van der Waals surface area contributed by atoms with Gasteiger partial charge in [0, 0.05) is 11.1 Å². The summed E-state index contributed by atoms with van der Waals surface area (Å²) in [6.07, 6.45) is 7.35. The Kier molecular flexibility index (Phi) is 2.14. The number of hydrogen-bond acceptors (Lipinski definition) is 2. The van der Waals surface area contributed by atoms with Gasteiger partial charge in [-0.3, -0.25) is 0 Å². The zero-order valence-corrected chi connectivity index (χ0v) is 7.79. The Morgan fingerprint density at radius 1 is 1.45 bits per heavy atom. The molecule has 1 aromatic rings. The number of thiazole rings is 1. The van der Waals surface area contributed by atoms with Crippen molar-refractivity contribution in [3.8, 4) is 0 Å². The highest BCUT2D eigenvalue weighted by Gasteiger charge is 2.18. The average molecular weight is 188 g/mol. The van der Waals surface area contributed by atoms with Gasteiger partial charge in [0.25, 0.3) is 0 Å². The van der Waals surface area contributed by atoms with Crippen molar-refractivity contribution in [2.75, 3.05) is 0 Å². The molecular weight excluding hydrogens is 178 g/mol. The quantitative estimate of drug-likeness (QED) is 0.656. The van der Waals surface area contributed by atoms with E-state index in [1.807, 2.05) is 6.20 Å². The fraction of sp³-hybridized carbons (Fsp3) is 0.625. The molecule has 1 aliphatic rings. The maximum absolute atomic E-state index is 5.75. The lowest BCUT2D eigenvalue weighted by molar-refractivity contribution is 0.736. The summed E-state index contributed by atoms with van der Waals surface area (Å²) in [5, 5.41) is 0. The van der Waals surface area contributed by atoms with Gasteiger partial charge in [0.15, 0.2) is 4.47 Å². The first-order chi connectivity index (χ1) is 5.36. The summed E-state index contributed by atoms with van der Waals surface area (Å²) in [5.41, 5.74) is 0. The summed E-state index contributed by atoms with van der Waals surface area (Å²) in [4.78, 5) is 5.43. The van der Waals surface area contributed by atoms with E-state index in [1.54, 1.807) is 11.3 Å². The monoisotopic (exact) mass is 187 g/mol. The van der Waals surface area contributed by atoms with E-state index in [1.165, 1.54) is 30.6 Å². The van der Waals surface area contributed by atoms with Crippen LogP contribution in [0.5, 0.6) is 0 Å². The van der Waals surface area contributed by atoms with Gasteiger partial charge in [-0.2, -0.15) is 0 Å². The molecule has 0 saturated heterocycles. The van der Waals surface area contributed by atoms with Crippen LogP contribution in [0.25, 0.3) is 0 Å². The molecule has 1 aliphatic carbocycles. The Balaban J connectivity index is 2.15. The minimum atomic E-state index is 0.687. The molecule has 1 saturated carbocycles. The van der Waals surface area contributed by atoms with E-state index in [0.29, 0.717) is 4.47 Å². The topological polar surface area (TPSA) is 12.9 Å². The molecule has 0 bridgehead atoms. The van der Waals surface area contributed by atoms with Crippen molar-refractivity contribution in [2.24, 2.45) is 0 Å². The molecule has 0 aromatic carbocycles. The van der Waals surface area contributed by atoms with Gasteiger partial charge in [0.2, 0.25) is 0 Å². The average Bonchev–Trinajstić information content (AvgIpc) is 2.55. The number of nitrogens with zero attached hydrogens (tertiary/aromatic N) is 1. The summed E-state index contributed by atoms with van der Waals surface area (Å²) in [5.74, 6) is 0.764. The summed E-state index contributed by atoms with van der Waals surface area (Å²) in [6.45, 7) is 0. The Morgan fingerprint density at radius 3 is 2.73 bits per heavy atom. The number of halogens is 1. The molecule has 11 heavy (non-hydrogen) atoms. The predicted octanol–water partition coefficient (Wildman–Crippen LogP) is 3.45. The lowest BCUT2D eigenvalue weighted by atomic mass is 10.1.